The van der Waals surface area contributed by atoms with Crippen molar-refractivity contribution < 1.29 is 5.11 Å². The molecule has 5 rings (SSSR count). The van der Waals surface area contributed by atoms with Crippen molar-refractivity contribution in [1.82, 2.24) is 19.5 Å². The van der Waals surface area contributed by atoms with E-state index in [1.807, 2.05) is 29.1 Å². The molecule has 1 atom stereocenters. The molecule has 0 saturated carbocycles. The summed E-state index contributed by atoms with van der Waals surface area (Å²) >= 11 is 1.84. The van der Waals surface area contributed by atoms with Crippen molar-refractivity contribution in [3.63, 3.8) is 0 Å². The lowest BCUT2D eigenvalue weighted by atomic mass is 9.90. The number of hydrogen-bond donors (Lipinski definition) is 1. The summed E-state index contributed by atoms with van der Waals surface area (Å²) < 4.78 is 1.92. The number of thiophene rings is 1. The van der Waals surface area contributed by atoms with Crippen LogP contribution in [0.1, 0.15) is 41.6 Å². The summed E-state index contributed by atoms with van der Waals surface area (Å²) in [7, 11) is 1.94. The van der Waals surface area contributed by atoms with E-state index in [0.717, 1.165) is 48.8 Å². The van der Waals surface area contributed by atoms with E-state index < -0.39 is 6.10 Å². The predicted molar refractivity (Wildman–Crippen MR) is 103 cm³/mol. The second-order valence-electron chi connectivity index (χ2n) is 7.40. The number of imidazole rings is 1. The van der Waals surface area contributed by atoms with Gasteiger partial charge in [-0.1, -0.05) is 0 Å². The maximum Gasteiger partial charge on any atom is 0.141 e. The van der Waals surface area contributed by atoms with Crippen LogP contribution >= 0.6 is 11.3 Å². The Kier molecular flexibility index (Phi) is 3.94. The summed E-state index contributed by atoms with van der Waals surface area (Å²) in [5.41, 5.74) is 1.48. The average Bonchev–Trinajstić information content (AvgIpc) is 3.36. The highest BCUT2D eigenvalue weighted by atomic mass is 32.1. The molecule has 0 bridgehead atoms. The van der Waals surface area contributed by atoms with Crippen LogP contribution < -0.4 is 4.90 Å². The first kappa shape index (κ1) is 16.2. The Morgan fingerprint density at radius 2 is 2.04 bits per heavy atom. The number of anilines is 1. The number of aliphatic hydroxyl groups is 1. The molecule has 1 fully saturated rings. The van der Waals surface area contributed by atoms with E-state index in [-0.39, 0.29) is 5.92 Å². The largest absolute Gasteiger partial charge is 0.385 e. The van der Waals surface area contributed by atoms with Gasteiger partial charge in [-0.2, -0.15) is 0 Å². The molecule has 26 heavy (non-hydrogen) atoms. The normalized spacial score (nSPS) is 19.2. The van der Waals surface area contributed by atoms with Crippen LogP contribution in [-0.4, -0.2) is 37.7 Å². The molecule has 1 unspecified atom stereocenters. The Morgan fingerprint density at radius 1 is 1.19 bits per heavy atom. The summed E-state index contributed by atoms with van der Waals surface area (Å²) in [5.74, 6) is 2.11. The van der Waals surface area contributed by atoms with Crippen molar-refractivity contribution in [3.05, 3.63) is 35.0 Å². The number of rotatable bonds is 3. The first-order chi connectivity index (χ1) is 12.7. The molecule has 6 nitrogen and oxygen atoms in total. The monoisotopic (exact) mass is 369 g/mol. The van der Waals surface area contributed by atoms with E-state index in [4.69, 9.17) is 0 Å². The van der Waals surface area contributed by atoms with Crippen LogP contribution in [-0.2, 0) is 19.9 Å². The van der Waals surface area contributed by atoms with Gasteiger partial charge in [-0.3, -0.25) is 0 Å². The molecule has 0 radical (unpaired) electrons. The zero-order chi connectivity index (χ0) is 17.7. The lowest BCUT2D eigenvalue weighted by Crippen LogP contribution is -2.36. The summed E-state index contributed by atoms with van der Waals surface area (Å²) in [6, 6.07) is 0. The molecule has 0 aromatic carbocycles. The van der Waals surface area contributed by atoms with Gasteiger partial charge >= 0.3 is 0 Å². The van der Waals surface area contributed by atoms with Crippen molar-refractivity contribution >= 4 is 27.4 Å². The van der Waals surface area contributed by atoms with Gasteiger partial charge < -0.3 is 14.6 Å². The number of piperidine rings is 1. The highest BCUT2D eigenvalue weighted by Gasteiger charge is 2.30. The number of hydrogen-bond acceptors (Lipinski definition) is 6. The smallest absolute Gasteiger partial charge is 0.141 e. The van der Waals surface area contributed by atoms with Crippen molar-refractivity contribution in [3.8, 4) is 0 Å². The van der Waals surface area contributed by atoms with Crippen molar-refractivity contribution in [2.24, 2.45) is 13.0 Å². The quantitative estimate of drug-likeness (QED) is 0.769. The maximum absolute atomic E-state index is 10.7. The molecule has 136 valence electrons. The second-order valence-corrected chi connectivity index (χ2v) is 8.48. The minimum atomic E-state index is -0.493. The minimum absolute atomic E-state index is 0.248. The molecular weight excluding hydrogens is 346 g/mol. The van der Waals surface area contributed by atoms with Crippen LogP contribution in [0.25, 0.3) is 10.2 Å². The second kappa shape index (κ2) is 6.32. The molecule has 0 spiro atoms. The molecule has 3 aromatic heterocycles. The SMILES string of the molecule is Cn1ccnc1C(O)C1CCN(c2ncnc3sc4c(c23)CCC4)CC1. The van der Waals surface area contributed by atoms with Crippen LogP contribution in [0.4, 0.5) is 5.82 Å². The van der Waals surface area contributed by atoms with E-state index in [9.17, 15) is 5.11 Å². The van der Waals surface area contributed by atoms with Gasteiger partial charge in [0.15, 0.2) is 0 Å². The topological polar surface area (TPSA) is 67.1 Å². The van der Waals surface area contributed by atoms with Gasteiger partial charge in [-0.15, -0.1) is 11.3 Å². The van der Waals surface area contributed by atoms with E-state index in [2.05, 4.69) is 19.9 Å². The van der Waals surface area contributed by atoms with Crippen molar-refractivity contribution in [1.29, 1.82) is 0 Å². The molecule has 7 heteroatoms. The Balaban J connectivity index is 1.38. The van der Waals surface area contributed by atoms with Gasteiger partial charge in [0.2, 0.25) is 0 Å². The van der Waals surface area contributed by atoms with E-state index in [1.165, 1.54) is 28.7 Å². The highest BCUT2D eigenvalue weighted by molar-refractivity contribution is 7.19. The third kappa shape index (κ3) is 2.53. The summed E-state index contributed by atoms with van der Waals surface area (Å²) in [6.45, 7) is 1.84. The van der Waals surface area contributed by atoms with Crippen LogP contribution in [0.15, 0.2) is 18.7 Å². The lowest BCUT2D eigenvalue weighted by molar-refractivity contribution is 0.0824. The zero-order valence-corrected chi connectivity index (χ0v) is 15.7. The van der Waals surface area contributed by atoms with E-state index >= 15 is 0 Å². The number of nitrogens with zero attached hydrogens (tertiary/aromatic N) is 5. The summed E-state index contributed by atoms with van der Waals surface area (Å²) in [6.07, 6.45) is 10.4. The van der Waals surface area contributed by atoms with Gasteiger partial charge in [0.1, 0.15) is 28.9 Å². The molecule has 2 aliphatic rings. The molecule has 1 N–H and O–H groups in total. The molecule has 0 amide bonds. The summed E-state index contributed by atoms with van der Waals surface area (Å²) in [4.78, 5) is 18.5. The summed E-state index contributed by atoms with van der Waals surface area (Å²) in [5, 5.41) is 12.0. The fourth-order valence-corrected chi connectivity index (χ4v) is 5.68. The average molecular weight is 369 g/mol. The molecular formula is C19H23N5OS. The standard InChI is InChI=1S/C19H23N5OS/c1-23-10-7-20-18(23)16(25)12-5-8-24(9-6-12)17-15-13-3-2-4-14(13)26-19(15)22-11-21-17/h7,10-12,16,25H,2-6,8-9H2,1H3. The minimum Gasteiger partial charge on any atom is -0.385 e. The number of aromatic nitrogens is 4. The fraction of sp³-hybridized carbons (Fsp3) is 0.526. The Hall–Kier alpha value is -1.99. The first-order valence-electron chi connectivity index (χ1n) is 9.38. The maximum atomic E-state index is 10.7. The van der Waals surface area contributed by atoms with Gasteiger partial charge in [-0.05, 0) is 43.6 Å². The van der Waals surface area contributed by atoms with Gasteiger partial charge in [0.05, 0.1) is 5.39 Å². The van der Waals surface area contributed by atoms with Crippen molar-refractivity contribution in [2.75, 3.05) is 18.0 Å². The Labute approximate surface area is 156 Å². The number of aliphatic hydroxyl groups excluding tert-OH is 1. The van der Waals surface area contributed by atoms with Crippen LogP contribution in [0.5, 0.6) is 0 Å². The Bertz CT molecular complexity index is 941. The molecule has 3 aromatic rings. The van der Waals surface area contributed by atoms with E-state index in [1.54, 1.807) is 12.5 Å². The molecule has 4 heterocycles. The van der Waals surface area contributed by atoms with E-state index in [0.29, 0.717) is 0 Å². The van der Waals surface area contributed by atoms with Crippen LogP contribution in [0.3, 0.4) is 0 Å². The van der Waals surface area contributed by atoms with Crippen LogP contribution in [0.2, 0.25) is 0 Å². The highest BCUT2D eigenvalue weighted by Crippen LogP contribution is 2.41. The predicted octanol–water partition coefficient (Wildman–Crippen LogP) is 2.86. The molecule has 1 aliphatic carbocycles. The number of aryl methyl sites for hydroxylation is 3. The van der Waals surface area contributed by atoms with Crippen LogP contribution in [0, 0.1) is 5.92 Å². The third-order valence-electron chi connectivity index (χ3n) is 5.89. The fourth-order valence-electron chi connectivity index (χ4n) is 4.45. The Morgan fingerprint density at radius 3 is 2.81 bits per heavy atom. The third-order valence-corrected chi connectivity index (χ3v) is 7.09. The van der Waals surface area contributed by atoms with Gasteiger partial charge in [0, 0.05) is 37.4 Å². The van der Waals surface area contributed by atoms with Gasteiger partial charge in [-0.25, -0.2) is 15.0 Å². The molecule has 1 saturated heterocycles. The van der Waals surface area contributed by atoms with Crippen molar-refractivity contribution in [2.45, 2.75) is 38.2 Å². The first-order valence-corrected chi connectivity index (χ1v) is 10.2. The lowest BCUT2D eigenvalue weighted by Gasteiger charge is -2.35. The zero-order valence-electron chi connectivity index (χ0n) is 14.9. The molecule has 1 aliphatic heterocycles. The van der Waals surface area contributed by atoms with Gasteiger partial charge in [0.25, 0.3) is 0 Å². The number of fused-ring (bicyclic) bond motifs is 3.